The maximum absolute atomic E-state index is 13.1. The second-order valence-electron chi connectivity index (χ2n) is 6.93. The number of halogens is 3. The standard InChI is InChI=1S/C19H20F3NO4S2/c1-29(25,26)15-6-4-13(5-7-15)16-10-14(19(20,21)22)11-23-17(16)27-12-28-18(24)8-2-3-9-18/h4-7,10-11,24H,2-3,8-9,12H2,1H3. The molecule has 1 aromatic heterocycles. The number of thioether (sulfide) groups is 1. The minimum absolute atomic E-state index is 0.0146. The third-order valence-corrected chi connectivity index (χ3v) is 6.99. The van der Waals surface area contributed by atoms with Crippen LogP contribution in [0.5, 0.6) is 5.88 Å². The minimum atomic E-state index is -4.58. The summed E-state index contributed by atoms with van der Waals surface area (Å²) >= 11 is 1.19. The zero-order valence-electron chi connectivity index (χ0n) is 15.6. The fourth-order valence-electron chi connectivity index (χ4n) is 3.08. The van der Waals surface area contributed by atoms with Crippen molar-refractivity contribution in [2.45, 2.75) is 41.7 Å². The molecular weight excluding hydrogens is 427 g/mol. The Morgan fingerprint density at radius 3 is 2.38 bits per heavy atom. The first kappa shape index (κ1) is 21.9. The Morgan fingerprint density at radius 1 is 1.21 bits per heavy atom. The molecule has 29 heavy (non-hydrogen) atoms. The Labute approximate surface area is 171 Å². The zero-order chi connectivity index (χ0) is 21.3. The number of hydrogen-bond donors (Lipinski definition) is 1. The van der Waals surface area contributed by atoms with Crippen LogP contribution < -0.4 is 4.74 Å². The van der Waals surface area contributed by atoms with Gasteiger partial charge in [0.1, 0.15) is 10.9 Å². The van der Waals surface area contributed by atoms with Crippen LogP contribution in [0.25, 0.3) is 11.1 Å². The Hall–Kier alpha value is -1.78. The Bertz CT molecular complexity index is 970. The Balaban J connectivity index is 1.89. The van der Waals surface area contributed by atoms with Crippen LogP contribution in [-0.4, -0.2) is 35.6 Å². The number of rotatable bonds is 6. The molecule has 3 rings (SSSR count). The normalized spacial score (nSPS) is 16.7. The van der Waals surface area contributed by atoms with Gasteiger partial charge in [0.15, 0.2) is 9.84 Å². The van der Waals surface area contributed by atoms with Gasteiger partial charge in [0, 0.05) is 18.0 Å². The van der Waals surface area contributed by atoms with E-state index in [1.807, 2.05) is 0 Å². The summed E-state index contributed by atoms with van der Waals surface area (Å²) in [7, 11) is -3.43. The summed E-state index contributed by atoms with van der Waals surface area (Å²) in [6.45, 7) is 0. The summed E-state index contributed by atoms with van der Waals surface area (Å²) in [4.78, 5) is 3.00. The van der Waals surface area contributed by atoms with Crippen molar-refractivity contribution in [3.63, 3.8) is 0 Å². The van der Waals surface area contributed by atoms with E-state index >= 15 is 0 Å². The van der Waals surface area contributed by atoms with Crippen molar-refractivity contribution in [2.24, 2.45) is 0 Å². The molecule has 0 unspecified atom stereocenters. The van der Waals surface area contributed by atoms with Crippen molar-refractivity contribution in [2.75, 3.05) is 12.2 Å². The fourth-order valence-corrected chi connectivity index (χ4v) is 4.68. The van der Waals surface area contributed by atoms with Crippen LogP contribution in [0.4, 0.5) is 13.2 Å². The lowest BCUT2D eigenvalue weighted by Crippen LogP contribution is -2.20. The van der Waals surface area contributed by atoms with Crippen LogP contribution in [0.15, 0.2) is 41.4 Å². The maximum atomic E-state index is 13.1. The molecule has 1 aliphatic rings. The highest BCUT2D eigenvalue weighted by Gasteiger charge is 2.33. The summed E-state index contributed by atoms with van der Waals surface area (Å²) < 4.78 is 68.3. The lowest BCUT2D eigenvalue weighted by atomic mass is 10.1. The van der Waals surface area contributed by atoms with E-state index in [4.69, 9.17) is 4.74 Å². The van der Waals surface area contributed by atoms with E-state index in [2.05, 4.69) is 4.98 Å². The fraction of sp³-hybridized carbons (Fsp3) is 0.421. The molecule has 1 saturated carbocycles. The molecule has 0 radical (unpaired) electrons. The van der Waals surface area contributed by atoms with Crippen LogP contribution in [0, 0.1) is 0 Å². The first-order chi connectivity index (χ1) is 13.5. The van der Waals surface area contributed by atoms with E-state index < -0.39 is 26.5 Å². The summed E-state index contributed by atoms with van der Waals surface area (Å²) in [5, 5.41) is 10.4. The average Bonchev–Trinajstić information content (AvgIpc) is 3.07. The second-order valence-corrected chi connectivity index (χ2v) is 10.2. The zero-order valence-corrected chi connectivity index (χ0v) is 17.2. The largest absolute Gasteiger partial charge is 0.466 e. The quantitative estimate of drug-likeness (QED) is 0.657. The van der Waals surface area contributed by atoms with Gasteiger partial charge in [-0.1, -0.05) is 23.9 Å². The van der Waals surface area contributed by atoms with Crippen LogP contribution in [0.1, 0.15) is 31.2 Å². The number of alkyl halides is 3. The van der Waals surface area contributed by atoms with Crippen LogP contribution in [0.3, 0.4) is 0 Å². The average molecular weight is 448 g/mol. The predicted molar refractivity (Wildman–Crippen MR) is 104 cm³/mol. The van der Waals surface area contributed by atoms with Crippen LogP contribution >= 0.6 is 11.8 Å². The van der Waals surface area contributed by atoms with Gasteiger partial charge in [0.25, 0.3) is 0 Å². The number of ether oxygens (including phenoxy) is 1. The van der Waals surface area contributed by atoms with Gasteiger partial charge in [-0.2, -0.15) is 13.2 Å². The topological polar surface area (TPSA) is 76.5 Å². The molecule has 158 valence electrons. The van der Waals surface area contributed by atoms with E-state index in [-0.39, 0.29) is 22.3 Å². The van der Waals surface area contributed by atoms with Crippen molar-refractivity contribution in [3.05, 3.63) is 42.1 Å². The van der Waals surface area contributed by atoms with Crippen molar-refractivity contribution in [1.29, 1.82) is 0 Å². The number of sulfone groups is 1. The van der Waals surface area contributed by atoms with Crippen molar-refractivity contribution in [3.8, 4) is 17.0 Å². The van der Waals surface area contributed by atoms with Crippen LogP contribution in [0.2, 0.25) is 0 Å². The lowest BCUT2D eigenvalue weighted by Gasteiger charge is -2.21. The number of aliphatic hydroxyl groups is 1. The van der Waals surface area contributed by atoms with Gasteiger partial charge >= 0.3 is 6.18 Å². The molecule has 0 bridgehead atoms. The molecule has 0 spiro atoms. The molecule has 1 aromatic carbocycles. The molecule has 1 fully saturated rings. The van der Waals surface area contributed by atoms with Gasteiger partial charge in [-0.05, 0) is 49.4 Å². The van der Waals surface area contributed by atoms with E-state index in [0.29, 0.717) is 24.6 Å². The van der Waals surface area contributed by atoms with Gasteiger partial charge in [0.2, 0.25) is 5.88 Å². The third kappa shape index (κ3) is 5.43. The highest BCUT2D eigenvalue weighted by molar-refractivity contribution is 8.00. The molecule has 5 nitrogen and oxygen atoms in total. The molecule has 1 heterocycles. The Morgan fingerprint density at radius 2 is 1.83 bits per heavy atom. The molecule has 1 aliphatic carbocycles. The summed E-state index contributed by atoms with van der Waals surface area (Å²) in [6.07, 6.45) is 0.273. The van der Waals surface area contributed by atoms with Crippen LogP contribution in [-0.2, 0) is 16.0 Å². The maximum Gasteiger partial charge on any atom is 0.417 e. The number of aromatic nitrogens is 1. The van der Waals surface area contributed by atoms with Crippen molar-refractivity contribution in [1.82, 2.24) is 4.98 Å². The molecule has 0 atom stereocenters. The summed E-state index contributed by atoms with van der Waals surface area (Å²) in [6, 6.07) is 6.40. The monoisotopic (exact) mass is 447 g/mol. The second kappa shape index (κ2) is 8.16. The molecule has 0 saturated heterocycles. The van der Waals surface area contributed by atoms with Gasteiger partial charge in [-0.3, -0.25) is 0 Å². The summed E-state index contributed by atoms with van der Waals surface area (Å²) in [5.74, 6) is 0.0164. The first-order valence-electron chi connectivity index (χ1n) is 8.85. The van der Waals surface area contributed by atoms with E-state index in [1.54, 1.807) is 0 Å². The van der Waals surface area contributed by atoms with Crippen molar-refractivity contribution < 1.29 is 31.4 Å². The van der Waals surface area contributed by atoms with Gasteiger partial charge in [-0.25, -0.2) is 13.4 Å². The van der Waals surface area contributed by atoms with E-state index in [0.717, 1.165) is 25.2 Å². The molecule has 2 aromatic rings. The molecular formula is C19H20F3NO4S2. The highest BCUT2D eigenvalue weighted by atomic mass is 32.2. The van der Waals surface area contributed by atoms with E-state index in [9.17, 15) is 26.7 Å². The third-order valence-electron chi connectivity index (χ3n) is 4.68. The lowest BCUT2D eigenvalue weighted by molar-refractivity contribution is -0.137. The predicted octanol–water partition coefficient (Wildman–Crippen LogP) is 4.50. The highest BCUT2D eigenvalue weighted by Crippen LogP contribution is 2.40. The number of nitrogens with zero attached hydrogens (tertiary/aromatic N) is 1. The van der Waals surface area contributed by atoms with Gasteiger partial charge < -0.3 is 9.84 Å². The molecule has 0 aliphatic heterocycles. The minimum Gasteiger partial charge on any atom is -0.466 e. The molecule has 1 N–H and O–H groups in total. The Kier molecular flexibility index (Phi) is 6.16. The first-order valence-corrected chi connectivity index (χ1v) is 11.7. The molecule has 0 amide bonds. The van der Waals surface area contributed by atoms with Gasteiger partial charge in [-0.15, -0.1) is 0 Å². The SMILES string of the molecule is CS(=O)(=O)c1ccc(-c2cc(C(F)(F)F)cnc2OCSC2(O)CCCC2)cc1. The number of hydrogen-bond acceptors (Lipinski definition) is 6. The van der Waals surface area contributed by atoms with E-state index in [1.165, 1.54) is 36.0 Å². The molecule has 10 heteroatoms. The number of pyridine rings is 1. The summed E-state index contributed by atoms with van der Waals surface area (Å²) in [5.41, 5.74) is -0.497. The van der Waals surface area contributed by atoms with Crippen molar-refractivity contribution >= 4 is 21.6 Å². The number of benzene rings is 1. The smallest absolute Gasteiger partial charge is 0.417 e. The van der Waals surface area contributed by atoms with Gasteiger partial charge in [0.05, 0.1) is 10.5 Å².